The lowest BCUT2D eigenvalue weighted by atomic mass is 9.81. The fourth-order valence-electron chi connectivity index (χ4n) is 1.72. The van der Waals surface area contributed by atoms with E-state index in [0.29, 0.717) is 6.61 Å². The molecule has 0 aliphatic heterocycles. The number of aliphatic carboxylic acids is 1. The molecule has 0 amide bonds. The smallest absolute Gasteiger partial charge is 0.304 e. The molecule has 0 fully saturated rings. The lowest BCUT2D eigenvalue weighted by molar-refractivity contribution is -0.138. The molecule has 1 aromatic carbocycles. The number of carboxylic acid groups (broad SMARTS) is 1. The zero-order valence-corrected chi connectivity index (χ0v) is 13.1. The van der Waals surface area contributed by atoms with Crippen molar-refractivity contribution in [1.82, 2.24) is 0 Å². The van der Waals surface area contributed by atoms with Crippen molar-refractivity contribution in [2.45, 2.75) is 32.6 Å². The first kappa shape index (κ1) is 15.8. The first-order valence-electron chi connectivity index (χ1n) is 6.01. The highest BCUT2D eigenvalue weighted by molar-refractivity contribution is 9.10. The Bertz CT molecular complexity index is 492. The van der Waals surface area contributed by atoms with Gasteiger partial charge in [0.25, 0.3) is 0 Å². The fraction of sp³-hybridized carbons (Fsp3) is 0.400. The van der Waals surface area contributed by atoms with Crippen LogP contribution in [-0.2, 0) is 10.2 Å². The molecule has 0 bridgehead atoms. The molecule has 1 N–H and O–H groups in total. The van der Waals surface area contributed by atoms with E-state index in [1.807, 2.05) is 39.0 Å². The first-order valence-corrected chi connectivity index (χ1v) is 6.80. The largest absolute Gasteiger partial charge is 0.488 e. The van der Waals surface area contributed by atoms with Crippen LogP contribution in [0.2, 0.25) is 0 Å². The molecule has 0 aliphatic carbocycles. The van der Waals surface area contributed by atoms with Gasteiger partial charge in [-0.1, -0.05) is 26.5 Å². The highest BCUT2D eigenvalue weighted by Gasteiger charge is 2.24. The molecule has 0 saturated heterocycles. The van der Waals surface area contributed by atoms with Gasteiger partial charge in [-0.2, -0.15) is 0 Å². The molecule has 0 radical (unpaired) electrons. The Kier molecular flexibility index (Phi) is 5.18. The summed E-state index contributed by atoms with van der Waals surface area (Å²) in [5.41, 5.74) is 1.49. The summed E-state index contributed by atoms with van der Waals surface area (Å²) in [6, 6.07) is 5.67. The second-order valence-electron chi connectivity index (χ2n) is 5.35. The third-order valence-electron chi connectivity index (χ3n) is 2.78. The molecular formula is C15H19BrO3. The van der Waals surface area contributed by atoms with Gasteiger partial charge in [-0.05, 0) is 46.1 Å². The van der Waals surface area contributed by atoms with E-state index in [9.17, 15) is 4.79 Å². The van der Waals surface area contributed by atoms with Gasteiger partial charge in [-0.15, -0.1) is 0 Å². The number of carboxylic acids is 1. The second-order valence-corrected chi connectivity index (χ2v) is 6.20. The summed E-state index contributed by atoms with van der Waals surface area (Å²) in [4.78, 5) is 10.9. The molecule has 1 rings (SSSR count). The van der Waals surface area contributed by atoms with E-state index in [1.54, 1.807) is 0 Å². The molecule has 0 spiro atoms. The molecule has 1 aromatic rings. The van der Waals surface area contributed by atoms with E-state index in [0.717, 1.165) is 21.4 Å². The number of hydrogen-bond donors (Lipinski definition) is 1. The zero-order chi connectivity index (χ0) is 14.6. The summed E-state index contributed by atoms with van der Waals surface area (Å²) in [7, 11) is 0. The van der Waals surface area contributed by atoms with E-state index in [4.69, 9.17) is 9.84 Å². The molecule has 0 atom stereocenters. The Morgan fingerprint density at radius 2 is 2.11 bits per heavy atom. The highest BCUT2D eigenvalue weighted by atomic mass is 79.9. The van der Waals surface area contributed by atoms with Crippen molar-refractivity contribution in [2.24, 2.45) is 0 Å². The highest BCUT2D eigenvalue weighted by Crippen LogP contribution is 2.33. The zero-order valence-electron chi connectivity index (χ0n) is 11.5. The van der Waals surface area contributed by atoms with Gasteiger partial charge < -0.3 is 9.84 Å². The quantitative estimate of drug-likeness (QED) is 0.798. The molecule has 19 heavy (non-hydrogen) atoms. The number of carbonyl (C=O) groups is 1. The average molecular weight is 327 g/mol. The molecule has 0 heterocycles. The summed E-state index contributed by atoms with van der Waals surface area (Å²) < 4.78 is 6.41. The number of halogens is 1. The lowest BCUT2D eigenvalue weighted by Crippen LogP contribution is -2.21. The predicted octanol–water partition coefficient (Wildman–Crippen LogP) is 4.16. The third-order valence-corrected chi connectivity index (χ3v) is 3.40. The standard InChI is InChI=1S/C15H19BrO3/c1-10(2)9-19-13-6-5-11(7-12(13)16)15(3,4)8-14(17)18/h5-7H,1,8-9H2,2-4H3,(H,17,18). The number of ether oxygens (including phenoxy) is 1. The van der Waals surface area contributed by atoms with Gasteiger partial charge in [0.15, 0.2) is 0 Å². The van der Waals surface area contributed by atoms with Crippen molar-refractivity contribution in [3.05, 3.63) is 40.4 Å². The van der Waals surface area contributed by atoms with Crippen LogP contribution in [0.15, 0.2) is 34.8 Å². The fourth-order valence-corrected chi connectivity index (χ4v) is 2.21. The van der Waals surface area contributed by atoms with Gasteiger partial charge in [0, 0.05) is 5.41 Å². The Morgan fingerprint density at radius 1 is 1.47 bits per heavy atom. The number of rotatable bonds is 6. The van der Waals surface area contributed by atoms with Gasteiger partial charge in [-0.25, -0.2) is 0 Å². The van der Waals surface area contributed by atoms with Crippen molar-refractivity contribution < 1.29 is 14.6 Å². The van der Waals surface area contributed by atoms with Crippen molar-refractivity contribution >= 4 is 21.9 Å². The van der Waals surface area contributed by atoms with Crippen LogP contribution >= 0.6 is 15.9 Å². The van der Waals surface area contributed by atoms with Gasteiger partial charge in [0.1, 0.15) is 12.4 Å². The van der Waals surface area contributed by atoms with Crippen LogP contribution in [0.3, 0.4) is 0 Å². The van der Waals surface area contributed by atoms with Crippen LogP contribution in [0, 0.1) is 0 Å². The van der Waals surface area contributed by atoms with Crippen molar-refractivity contribution in [3.8, 4) is 5.75 Å². The van der Waals surface area contributed by atoms with Crippen LogP contribution in [0.25, 0.3) is 0 Å². The van der Waals surface area contributed by atoms with Crippen LogP contribution in [0.1, 0.15) is 32.8 Å². The third kappa shape index (κ3) is 4.71. The average Bonchev–Trinajstić information content (AvgIpc) is 2.25. The molecule has 104 valence electrons. The molecular weight excluding hydrogens is 308 g/mol. The van der Waals surface area contributed by atoms with E-state index < -0.39 is 11.4 Å². The van der Waals surface area contributed by atoms with Crippen molar-refractivity contribution in [2.75, 3.05) is 6.61 Å². The Morgan fingerprint density at radius 3 is 2.58 bits per heavy atom. The Hall–Kier alpha value is -1.29. The maximum atomic E-state index is 10.9. The van der Waals surface area contributed by atoms with Crippen LogP contribution in [0.4, 0.5) is 0 Å². The first-order chi connectivity index (χ1) is 8.72. The van der Waals surface area contributed by atoms with Gasteiger partial charge in [0.05, 0.1) is 10.9 Å². The summed E-state index contributed by atoms with van der Waals surface area (Å²) >= 11 is 3.45. The van der Waals surface area contributed by atoms with Gasteiger partial charge >= 0.3 is 5.97 Å². The normalized spacial score (nSPS) is 11.2. The Labute approximate surface area is 122 Å². The molecule has 4 heteroatoms. The monoisotopic (exact) mass is 326 g/mol. The molecule has 0 aliphatic rings. The summed E-state index contributed by atoms with van der Waals surface area (Å²) in [6.45, 7) is 9.98. The van der Waals surface area contributed by atoms with Crippen molar-refractivity contribution in [3.63, 3.8) is 0 Å². The van der Waals surface area contributed by atoms with E-state index in [-0.39, 0.29) is 6.42 Å². The number of hydrogen-bond acceptors (Lipinski definition) is 2. The molecule has 0 unspecified atom stereocenters. The van der Waals surface area contributed by atoms with Crippen LogP contribution in [0.5, 0.6) is 5.75 Å². The second kappa shape index (κ2) is 6.24. The SMILES string of the molecule is C=C(C)COc1ccc(C(C)(C)CC(=O)O)cc1Br. The number of benzene rings is 1. The maximum Gasteiger partial charge on any atom is 0.304 e. The predicted molar refractivity (Wildman–Crippen MR) is 79.7 cm³/mol. The van der Waals surface area contributed by atoms with Crippen LogP contribution in [-0.4, -0.2) is 17.7 Å². The Balaban J connectivity index is 2.92. The molecule has 3 nitrogen and oxygen atoms in total. The topological polar surface area (TPSA) is 46.5 Å². The minimum atomic E-state index is -0.802. The molecule has 0 aromatic heterocycles. The minimum Gasteiger partial charge on any atom is -0.488 e. The summed E-state index contributed by atoms with van der Waals surface area (Å²) in [6.07, 6.45) is 0.0887. The lowest BCUT2D eigenvalue weighted by Gasteiger charge is -2.24. The van der Waals surface area contributed by atoms with Gasteiger partial charge in [0.2, 0.25) is 0 Å². The maximum absolute atomic E-state index is 10.9. The minimum absolute atomic E-state index is 0.0887. The summed E-state index contributed by atoms with van der Waals surface area (Å²) in [5.74, 6) is -0.0680. The van der Waals surface area contributed by atoms with E-state index >= 15 is 0 Å². The van der Waals surface area contributed by atoms with E-state index in [1.165, 1.54) is 0 Å². The van der Waals surface area contributed by atoms with E-state index in [2.05, 4.69) is 22.5 Å². The van der Waals surface area contributed by atoms with Crippen molar-refractivity contribution in [1.29, 1.82) is 0 Å². The molecule has 0 saturated carbocycles. The van der Waals surface area contributed by atoms with Crippen LogP contribution < -0.4 is 4.74 Å². The van der Waals surface area contributed by atoms with Gasteiger partial charge in [-0.3, -0.25) is 4.79 Å². The summed E-state index contributed by atoms with van der Waals surface area (Å²) in [5, 5.41) is 8.93.